The molecular weight excluding hydrogens is 275 g/mol. The number of aromatic nitrogens is 1. The molecule has 5 heteroatoms. The summed E-state index contributed by atoms with van der Waals surface area (Å²) in [4.78, 5) is 5.24. The molecule has 0 saturated heterocycles. The predicted molar refractivity (Wildman–Crippen MR) is 78.5 cm³/mol. The van der Waals surface area contributed by atoms with Crippen molar-refractivity contribution in [2.45, 2.75) is 43.4 Å². The van der Waals surface area contributed by atoms with E-state index in [1.807, 2.05) is 13.8 Å². The minimum absolute atomic E-state index is 0.0872. The summed E-state index contributed by atoms with van der Waals surface area (Å²) in [6, 6.07) is 4.91. The molecule has 0 amide bonds. The molecular formula is C15H19FN2OS. The Bertz CT molecular complexity index is 571. The lowest BCUT2D eigenvalue weighted by Gasteiger charge is -2.16. The Hall–Kier alpha value is -1.33. The van der Waals surface area contributed by atoms with Gasteiger partial charge in [0, 0.05) is 10.9 Å². The van der Waals surface area contributed by atoms with Crippen molar-refractivity contribution in [1.82, 2.24) is 10.3 Å². The molecule has 20 heavy (non-hydrogen) atoms. The van der Waals surface area contributed by atoms with Crippen molar-refractivity contribution in [3.05, 3.63) is 41.5 Å². The van der Waals surface area contributed by atoms with E-state index in [4.69, 9.17) is 4.42 Å². The second-order valence-corrected chi connectivity index (χ2v) is 5.71. The van der Waals surface area contributed by atoms with Gasteiger partial charge >= 0.3 is 0 Å². The Morgan fingerprint density at radius 3 is 2.90 bits per heavy atom. The van der Waals surface area contributed by atoms with Crippen LogP contribution in [-0.2, 0) is 0 Å². The van der Waals surface area contributed by atoms with Gasteiger partial charge in [-0.1, -0.05) is 6.92 Å². The first-order valence-corrected chi connectivity index (χ1v) is 7.54. The molecule has 108 valence electrons. The molecule has 1 atom stereocenters. The van der Waals surface area contributed by atoms with Gasteiger partial charge in [0.05, 0.1) is 5.69 Å². The van der Waals surface area contributed by atoms with Crippen LogP contribution in [-0.4, -0.2) is 11.5 Å². The Morgan fingerprint density at radius 2 is 2.25 bits per heavy atom. The largest absolute Gasteiger partial charge is 0.439 e. The Morgan fingerprint density at radius 1 is 1.45 bits per heavy atom. The molecule has 3 nitrogen and oxygen atoms in total. The van der Waals surface area contributed by atoms with E-state index < -0.39 is 0 Å². The summed E-state index contributed by atoms with van der Waals surface area (Å²) >= 11 is 1.42. The Balaban J connectivity index is 2.23. The summed E-state index contributed by atoms with van der Waals surface area (Å²) in [7, 11) is 0. The number of rotatable bonds is 6. The third kappa shape index (κ3) is 3.84. The van der Waals surface area contributed by atoms with Crippen molar-refractivity contribution >= 4 is 11.8 Å². The quantitative estimate of drug-likeness (QED) is 0.860. The summed E-state index contributed by atoms with van der Waals surface area (Å²) < 4.78 is 18.8. The molecule has 1 unspecified atom stereocenters. The zero-order valence-corrected chi connectivity index (χ0v) is 12.8. The second-order valence-electron chi connectivity index (χ2n) is 4.71. The molecule has 0 spiro atoms. The zero-order valence-electron chi connectivity index (χ0n) is 11.9. The van der Waals surface area contributed by atoms with Crippen molar-refractivity contribution in [3.63, 3.8) is 0 Å². The average Bonchev–Trinajstić information content (AvgIpc) is 2.83. The monoisotopic (exact) mass is 294 g/mol. The topological polar surface area (TPSA) is 38.1 Å². The Kier molecular flexibility index (Phi) is 5.20. The molecule has 2 rings (SSSR count). The summed E-state index contributed by atoms with van der Waals surface area (Å²) in [5.74, 6) is -0.224. The van der Waals surface area contributed by atoms with Gasteiger partial charge in [-0.2, -0.15) is 0 Å². The fraction of sp³-hybridized carbons (Fsp3) is 0.400. The first kappa shape index (κ1) is 15.1. The van der Waals surface area contributed by atoms with E-state index in [-0.39, 0.29) is 11.9 Å². The van der Waals surface area contributed by atoms with E-state index in [2.05, 4.69) is 17.2 Å². The fourth-order valence-electron chi connectivity index (χ4n) is 1.89. The Labute approximate surface area is 123 Å². The van der Waals surface area contributed by atoms with E-state index in [1.165, 1.54) is 17.8 Å². The van der Waals surface area contributed by atoms with E-state index in [0.717, 1.165) is 29.1 Å². The summed E-state index contributed by atoms with van der Waals surface area (Å²) in [6.45, 7) is 6.93. The maximum absolute atomic E-state index is 13.5. The lowest BCUT2D eigenvalue weighted by atomic mass is 10.1. The standard InChI is InChI=1S/C15H19FN2OS/c1-4-7-17-11(3)13-8-12(16)5-6-14(13)20-15-18-10(2)9-19-15/h5-6,8-9,11,17H,4,7H2,1-3H3. The molecule has 0 aliphatic carbocycles. The molecule has 0 aliphatic heterocycles. The lowest BCUT2D eigenvalue weighted by molar-refractivity contribution is 0.453. The van der Waals surface area contributed by atoms with Crippen LogP contribution in [0.15, 0.2) is 39.0 Å². The van der Waals surface area contributed by atoms with Crippen LogP contribution in [0.5, 0.6) is 0 Å². The zero-order chi connectivity index (χ0) is 14.5. The van der Waals surface area contributed by atoms with Crippen LogP contribution < -0.4 is 5.32 Å². The van der Waals surface area contributed by atoms with Crippen molar-refractivity contribution < 1.29 is 8.81 Å². The van der Waals surface area contributed by atoms with Gasteiger partial charge in [-0.3, -0.25) is 0 Å². The highest BCUT2D eigenvalue weighted by atomic mass is 32.2. The van der Waals surface area contributed by atoms with E-state index in [1.54, 1.807) is 18.4 Å². The van der Waals surface area contributed by atoms with Gasteiger partial charge in [-0.15, -0.1) is 0 Å². The van der Waals surface area contributed by atoms with Crippen LogP contribution in [0.4, 0.5) is 4.39 Å². The van der Waals surface area contributed by atoms with E-state index in [9.17, 15) is 4.39 Å². The highest BCUT2D eigenvalue weighted by molar-refractivity contribution is 7.99. The number of nitrogens with zero attached hydrogens (tertiary/aromatic N) is 1. The molecule has 2 aromatic rings. The van der Waals surface area contributed by atoms with Gasteiger partial charge in [0.2, 0.25) is 0 Å². The molecule has 0 fully saturated rings. The maximum atomic E-state index is 13.5. The number of hydrogen-bond acceptors (Lipinski definition) is 4. The number of benzene rings is 1. The van der Waals surface area contributed by atoms with Crippen LogP contribution >= 0.6 is 11.8 Å². The van der Waals surface area contributed by atoms with Gasteiger partial charge in [-0.05, 0) is 62.3 Å². The van der Waals surface area contributed by atoms with Gasteiger partial charge in [-0.25, -0.2) is 9.37 Å². The second kappa shape index (κ2) is 6.90. The van der Waals surface area contributed by atoms with Gasteiger partial charge in [0.25, 0.3) is 5.22 Å². The van der Waals surface area contributed by atoms with E-state index >= 15 is 0 Å². The highest BCUT2D eigenvalue weighted by Gasteiger charge is 2.14. The molecule has 1 heterocycles. The van der Waals surface area contributed by atoms with Gasteiger partial charge < -0.3 is 9.73 Å². The highest BCUT2D eigenvalue weighted by Crippen LogP contribution is 2.33. The van der Waals surface area contributed by atoms with Crippen molar-refractivity contribution in [3.8, 4) is 0 Å². The lowest BCUT2D eigenvalue weighted by Crippen LogP contribution is -2.20. The maximum Gasteiger partial charge on any atom is 0.260 e. The number of oxazole rings is 1. The van der Waals surface area contributed by atoms with Crippen LogP contribution in [0.2, 0.25) is 0 Å². The molecule has 0 radical (unpaired) electrons. The number of aryl methyl sites for hydroxylation is 1. The summed E-state index contributed by atoms with van der Waals surface area (Å²) in [6.07, 6.45) is 2.66. The number of nitrogens with one attached hydrogen (secondary N) is 1. The molecule has 1 aromatic carbocycles. The first-order valence-electron chi connectivity index (χ1n) is 6.73. The predicted octanol–water partition coefficient (Wildman–Crippen LogP) is 4.33. The normalized spacial score (nSPS) is 12.6. The number of halogens is 1. The van der Waals surface area contributed by atoms with Crippen molar-refractivity contribution in [1.29, 1.82) is 0 Å². The molecule has 0 bridgehead atoms. The van der Waals surface area contributed by atoms with Crippen LogP contribution in [0.1, 0.15) is 37.6 Å². The number of hydrogen-bond donors (Lipinski definition) is 1. The smallest absolute Gasteiger partial charge is 0.260 e. The van der Waals surface area contributed by atoms with Crippen LogP contribution in [0.25, 0.3) is 0 Å². The SMILES string of the molecule is CCCNC(C)c1cc(F)ccc1Sc1nc(C)co1. The van der Waals surface area contributed by atoms with Gasteiger partial charge in [0.1, 0.15) is 12.1 Å². The minimum Gasteiger partial charge on any atom is -0.439 e. The van der Waals surface area contributed by atoms with Crippen molar-refractivity contribution in [2.24, 2.45) is 0 Å². The molecule has 1 N–H and O–H groups in total. The first-order chi connectivity index (χ1) is 9.60. The third-order valence-corrected chi connectivity index (χ3v) is 3.89. The van der Waals surface area contributed by atoms with E-state index in [0.29, 0.717) is 5.22 Å². The molecule has 0 saturated carbocycles. The van der Waals surface area contributed by atoms with Crippen LogP contribution in [0.3, 0.4) is 0 Å². The van der Waals surface area contributed by atoms with Crippen molar-refractivity contribution in [2.75, 3.05) is 6.54 Å². The molecule has 1 aromatic heterocycles. The summed E-state index contributed by atoms with van der Waals surface area (Å²) in [5, 5.41) is 3.96. The summed E-state index contributed by atoms with van der Waals surface area (Å²) in [5.41, 5.74) is 1.77. The average molecular weight is 294 g/mol. The molecule has 0 aliphatic rings. The fourth-order valence-corrected chi connectivity index (χ4v) is 2.86. The third-order valence-electron chi connectivity index (χ3n) is 2.93. The minimum atomic E-state index is -0.224. The van der Waals surface area contributed by atoms with Crippen LogP contribution in [0, 0.1) is 12.7 Å². The van der Waals surface area contributed by atoms with Gasteiger partial charge in [0.15, 0.2) is 0 Å².